The van der Waals surface area contributed by atoms with Gasteiger partial charge in [-0.3, -0.25) is 0 Å². The third-order valence-electron chi connectivity index (χ3n) is 2.35. The second-order valence-corrected chi connectivity index (χ2v) is 3.16. The van der Waals surface area contributed by atoms with Crippen LogP contribution in [0.2, 0.25) is 0 Å². The van der Waals surface area contributed by atoms with Crippen molar-refractivity contribution in [1.29, 1.82) is 0 Å². The van der Waals surface area contributed by atoms with E-state index >= 15 is 0 Å². The van der Waals surface area contributed by atoms with Crippen LogP contribution in [0.5, 0.6) is 0 Å². The van der Waals surface area contributed by atoms with Crippen molar-refractivity contribution in [2.45, 2.75) is 24.5 Å². The molecular weight excluding hydrogens is 140 g/mol. The topological polar surface area (TPSA) is 58.3 Å². The second kappa shape index (κ2) is 3.34. The zero-order chi connectivity index (χ0) is 8.32. The number of nitrogens with one attached hydrogen (secondary N) is 1. The maximum absolute atomic E-state index is 9.47. The van der Waals surface area contributed by atoms with E-state index in [1.54, 1.807) is 0 Å². The first-order chi connectivity index (χ1) is 5.19. The van der Waals surface area contributed by atoms with Crippen molar-refractivity contribution in [3.8, 4) is 0 Å². The van der Waals surface area contributed by atoms with Gasteiger partial charge < -0.3 is 16.2 Å². The molecule has 1 saturated heterocycles. The minimum atomic E-state index is -0.565. The lowest BCUT2D eigenvalue weighted by Crippen LogP contribution is -2.56. The summed E-state index contributed by atoms with van der Waals surface area (Å²) in [6.07, 6.45) is 2.59. The Bertz CT molecular complexity index is 141. The predicted molar refractivity (Wildman–Crippen MR) is 45.2 cm³/mol. The van der Waals surface area contributed by atoms with Gasteiger partial charge in [-0.1, -0.05) is 6.08 Å². The molecule has 11 heavy (non-hydrogen) atoms. The molecule has 0 amide bonds. The van der Waals surface area contributed by atoms with Crippen molar-refractivity contribution in [3.05, 3.63) is 12.7 Å². The van der Waals surface area contributed by atoms with Gasteiger partial charge >= 0.3 is 0 Å². The Hall–Kier alpha value is -0.380. The summed E-state index contributed by atoms with van der Waals surface area (Å²) >= 11 is 0. The summed E-state index contributed by atoms with van der Waals surface area (Å²) in [6.45, 7) is 5.31. The normalized spacial score (nSPS) is 26.0. The summed E-state index contributed by atoms with van der Waals surface area (Å²) in [6, 6.07) is 0. The van der Waals surface area contributed by atoms with E-state index in [-0.39, 0.29) is 0 Å². The molecular formula is C8H16N2O. The Kier molecular flexibility index (Phi) is 2.65. The van der Waals surface area contributed by atoms with E-state index in [9.17, 15) is 5.11 Å². The lowest BCUT2D eigenvalue weighted by Gasteiger charge is -2.36. The van der Waals surface area contributed by atoms with Crippen molar-refractivity contribution < 1.29 is 5.11 Å². The van der Waals surface area contributed by atoms with Crippen molar-refractivity contribution in [1.82, 2.24) is 5.32 Å². The highest BCUT2D eigenvalue weighted by Crippen LogP contribution is 2.19. The molecule has 64 valence electrons. The molecule has 1 atom stereocenters. The predicted octanol–water partition coefficient (Wildman–Crippen LogP) is -0.386. The molecule has 1 unspecified atom stereocenters. The van der Waals surface area contributed by atoms with Crippen molar-refractivity contribution in [2.24, 2.45) is 5.73 Å². The van der Waals surface area contributed by atoms with Gasteiger partial charge in [-0.05, 0) is 25.9 Å². The number of hydrogen-bond acceptors (Lipinski definition) is 3. The largest absolute Gasteiger partial charge is 0.387 e. The van der Waals surface area contributed by atoms with Gasteiger partial charge in [0.15, 0.2) is 0 Å². The number of nitrogens with two attached hydrogens (primary N) is 1. The number of aliphatic hydroxyl groups is 1. The molecule has 0 aliphatic carbocycles. The maximum atomic E-state index is 9.47. The van der Waals surface area contributed by atoms with Crippen LogP contribution < -0.4 is 11.1 Å². The highest BCUT2D eigenvalue weighted by molar-refractivity contribution is 5.02. The van der Waals surface area contributed by atoms with Gasteiger partial charge in [0.1, 0.15) is 0 Å². The summed E-state index contributed by atoms with van der Waals surface area (Å²) in [4.78, 5) is 0. The Labute approximate surface area is 67.3 Å². The minimum Gasteiger partial charge on any atom is -0.387 e. The van der Waals surface area contributed by atoms with Crippen LogP contribution >= 0.6 is 0 Å². The molecule has 1 fully saturated rings. The van der Waals surface area contributed by atoms with E-state index in [4.69, 9.17) is 5.73 Å². The lowest BCUT2D eigenvalue weighted by atomic mass is 9.84. The van der Waals surface area contributed by atoms with Crippen LogP contribution in [-0.2, 0) is 0 Å². The van der Waals surface area contributed by atoms with Crippen molar-refractivity contribution in [3.63, 3.8) is 0 Å². The third-order valence-corrected chi connectivity index (χ3v) is 2.35. The van der Waals surface area contributed by atoms with Gasteiger partial charge in [0.2, 0.25) is 0 Å². The van der Waals surface area contributed by atoms with E-state index < -0.39 is 11.6 Å². The fraction of sp³-hybridized carbons (Fsp3) is 0.750. The minimum absolute atomic E-state index is 0.437. The molecule has 0 spiro atoms. The monoisotopic (exact) mass is 156 g/mol. The van der Waals surface area contributed by atoms with Gasteiger partial charge in [-0.25, -0.2) is 0 Å². The molecule has 0 aromatic heterocycles. The molecule has 3 heteroatoms. The van der Waals surface area contributed by atoms with Crippen LogP contribution in [-0.4, -0.2) is 29.8 Å². The first-order valence-corrected chi connectivity index (χ1v) is 3.99. The molecule has 1 aliphatic heterocycles. The standard InChI is InChI=1S/C8H16N2O/c1-2-7(11)8(9)3-5-10-6-4-8/h2,7,10-11H,1,3-6,9H2. The van der Waals surface area contributed by atoms with Crippen LogP contribution in [0.3, 0.4) is 0 Å². The highest BCUT2D eigenvalue weighted by atomic mass is 16.3. The zero-order valence-electron chi connectivity index (χ0n) is 6.71. The van der Waals surface area contributed by atoms with Gasteiger partial charge in [-0.15, -0.1) is 6.58 Å². The number of hydrogen-bond donors (Lipinski definition) is 3. The maximum Gasteiger partial charge on any atom is 0.0898 e. The Morgan fingerprint density at radius 2 is 2.09 bits per heavy atom. The van der Waals surface area contributed by atoms with Crippen LogP contribution in [0.25, 0.3) is 0 Å². The lowest BCUT2D eigenvalue weighted by molar-refractivity contribution is 0.102. The molecule has 4 N–H and O–H groups in total. The first kappa shape index (κ1) is 8.71. The van der Waals surface area contributed by atoms with Crippen LogP contribution in [0.1, 0.15) is 12.8 Å². The molecule has 1 aliphatic rings. The smallest absolute Gasteiger partial charge is 0.0898 e. The average Bonchev–Trinajstić information content (AvgIpc) is 2.04. The van der Waals surface area contributed by atoms with Crippen LogP contribution in [0, 0.1) is 0 Å². The van der Waals surface area contributed by atoms with Gasteiger partial charge in [0, 0.05) is 5.54 Å². The Morgan fingerprint density at radius 1 is 1.55 bits per heavy atom. The Balaban J connectivity index is 2.55. The van der Waals surface area contributed by atoms with Crippen LogP contribution in [0.4, 0.5) is 0 Å². The van der Waals surface area contributed by atoms with Crippen molar-refractivity contribution in [2.75, 3.05) is 13.1 Å². The fourth-order valence-electron chi connectivity index (χ4n) is 1.42. The number of aliphatic hydroxyl groups excluding tert-OH is 1. The first-order valence-electron chi connectivity index (χ1n) is 3.99. The Morgan fingerprint density at radius 3 is 2.55 bits per heavy atom. The summed E-state index contributed by atoms with van der Waals surface area (Å²) < 4.78 is 0. The number of rotatable bonds is 2. The average molecular weight is 156 g/mol. The van der Waals surface area contributed by atoms with Gasteiger partial charge in [-0.2, -0.15) is 0 Å². The molecule has 0 saturated carbocycles. The van der Waals surface area contributed by atoms with E-state index in [0.29, 0.717) is 0 Å². The summed E-state index contributed by atoms with van der Waals surface area (Å²) in [5.74, 6) is 0. The SMILES string of the molecule is C=CC(O)C1(N)CCNCC1. The summed E-state index contributed by atoms with van der Waals surface area (Å²) in [7, 11) is 0. The van der Waals surface area contributed by atoms with E-state index in [1.165, 1.54) is 6.08 Å². The van der Waals surface area contributed by atoms with Crippen molar-refractivity contribution >= 4 is 0 Å². The second-order valence-electron chi connectivity index (χ2n) is 3.16. The van der Waals surface area contributed by atoms with E-state index in [2.05, 4.69) is 11.9 Å². The molecule has 1 heterocycles. The van der Waals surface area contributed by atoms with Gasteiger partial charge in [0.25, 0.3) is 0 Å². The number of piperidine rings is 1. The summed E-state index contributed by atoms with van der Waals surface area (Å²) in [5.41, 5.74) is 5.51. The molecule has 3 nitrogen and oxygen atoms in total. The highest BCUT2D eigenvalue weighted by Gasteiger charge is 2.32. The molecule has 0 bridgehead atoms. The van der Waals surface area contributed by atoms with E-state index in [0.717, 1.165) is 25.9 Å². The third kappa shape index (κ3) is 1.80. The zero-order valence-corrected chi connectivity index (χ0v) is 6.71. The quantitative estimate of drug-likeness (QED) is 0.477. The molecule has 0 aromatic rings. The fourth-order valence-corrected chi connectivity index (χ4v) is 1.42. The molecule has 0 radical (unpaired) electrons. The van der Waals surface area contributed by atoms with Gasteiger partial charge in [0.05, 0.1) is 6.10 Å². The van der Waals surface area contributed by atoms with Crippen LogP contribution in [0.15, 0.2) is 12.7 Å². The van der Waals surface area contributed by atoms with E-state index in [1.807, 2.05) is 0 Å². The molecule has 0 aromatic carbocycles. The summed E-state index contributed by atoms with van der Waals surface area (Å²) in [5, 5.41) is 12.7. The molecule has 1 rings (SSSR count).